The van der Waals surface area contributed by atoms with Gasteiger partial charge in [-0.1, -0.05) is 6.92 Å². The van der Waals surface area contributed by atoms with E-state index < -0.39 is 0 Å². The van der Waals surface area contributed by atoms with Gasteiger partial charge in [-0.25, -0.2) is 4.98 Å². The Bertz CT molecular complexity index is 472. The summed E-state index contributed by atoms with van der Waals surface area (Å²) in [5.74, 6) is 2.51. The molecule has 2 atom stereocenters. The zero-order valence-electron chi connectivity index (χ0n) is 13.4. The first kappa shape index (κ1) is 15.3. The number of aromatic nitrogens is 1. The highest BCUT2D eigenvalue weighted by atomic mass is 32.1. The SMILES string of the molecule is COCCNCc1sc(N(C)CC2CC2C)nc1C1CC1. The Labute approximate surface area is 131 Å². The van der Waals surface area contributed by atoms with Crippen LogP contribution in [0.1, 0.15) is 42.7 Å². The van der Waals surface area contributed by atoms with Gasteiger partial charge in [0, 0.05) is 44.6 Å². The molecule has 0 aliphatic heterocycles. The van der Waals surface area contributed by atoms with E-state index in [1.807, 2.05) is 11.3 Å². The maximum Gasteiger partial charge on any atom is 0.185 e. The molecule has 0 amide bonds. The van der Waals surface area contributed by atoms with Gasteiger partial charge in [0.15, 0.2) is 5.13 Å². The van der Waals surface area contributed by atoms with Gasteiger partial charge in [0.1, 0.15) is 0 Å². The lowest BCUT2D eigenvalue weighted by Crippen LogP contribution is -2.20. The zero-order valence-corrected chi connectivity index (χ0v) is 14.2. The van der Waals surface area contributed by atoms with Crippen molar-refractivity contribution < 1.29 is 4.74 Å². The molecular formula is C16H27N3OS. The second-order valence-corrected chi connectivity index (χ2v) is 7.66. The molecule has 0 saturated heterocycles. The number of hydrogen-bond acceptors (Lipinski definition) is 5. The maximum atomic E-state index is 5.09. The number of rotatable bonds is 9. The summed E-state index contributed by atoms with van der Waals surface area (Å²) < 4.78 is 5.09. The molecule has 2 aliphatic carbocycles. The van der Waals surface area contributed by atoms with Crippen LogP contribution in [0.3, 0.4) is 0 Å². The van der Waals surface area contributed by atoms with Crippen LogP contribution in [0.25, 0.3) is 0 Å². The fourth-order valence-corrected chi connectivity index (χ4v) is 3.86. The molecule has 0 radical (unpaired) electrons. The van der Waals surface area contributed by atoms with Crippen LogP contribution in [0, 0.1) is 11.8 Å². The molecule has 1 N–H and O–H groups in total. The fraction of sp³-hybridized carbons (Fsp3) is 0.812. The van der Waals surface area contributed by atoms with Crippen molar-refractivity contribution in [3.8, 4) is 0 Å². The average Bonchev–Trinajstić information content (AvgIpc) is 3.37. The number of nitrogens with zero attached hydrogens (tertiary/aromatic N) is 2. The molecule has 1 aromatic heterocycles. The molecule has 118 valence electrons. The lowest BCUT2D eigenvalue weighted by molar-refractivity contribution is 0.199. The Morgan fingerprint density at radius 3 is 2.81 bits per heavy atom. The second kappa shape index (κ2) is 6.63. The maximum absolute atomic E-state index is 5.09. The summed E-state index contributed by atoms with van der Waals surface area (Å²) in [5, 5.41) is 4.67. The van der Waals surface area contributed by atoms with Crippen LogP contribution in [0.4, 0.5) is 5.13 Å². The lowest BCUT2D eigenvalue weighted by Gasteiger charge is -2.15. The third kappa shape index (κ3) is 3.96. The third-order valence-electron chi connectivity index (χ3n) is 4.56. The number of hydrogen-bond donors (Lipinski definition) is 1. The Hall–Kier alpha value is -0.650. The van der Waals surface area contributed by atoms with Crippen molar-refractivity contribution in [2.75, 3.05) is 38.8 Å². The summed E-state index contributed by atoms with van der Waals surface area (Å²) in [4.78, 5) is 8.74. The molecular weight excluding hydrogens is 282 g/mol. The number of nitrogens with one attached hydrogen (secondary N) is 1. The summed E-state index contributed by atoms with van der Waals surface area (Å²) in [6.07, 6.45) is 4.02. The molecule has 3 rings (SSSR count). The molecule has 0 spiro atoms. The first-order valence-corrected chi connectivity index (χ1v) is 8.91. The van der Waals surface area contributed by atoms with Gasteiger partial charge in [0.2, 0.25) is 0 Å². The van der Waals surface area contributed by atoms with E-state index in [0.717, 1.165) is 44.0 Å². The van der Waals surface area contributed by atoms with E-state index in [0.29, 0.717) is 0 Å². The molecule has 21 heavy (non-hydrogen) atoms. The first-order valence-electron chi connectivity index (χ1n) is 8.09. The average molecular weight is 309 g/mol. The van der Waals surface area contributed by atoms with Crippen LogP contribution >= 0.6 is 11.3 Å². The van der Waals surface area contributed by atoms with Crippen molar-refractivity contribution in [2.45, 2.75) is 38.6 Å². The quantitative estimate of drug-likeness (QED) is 0.712. The van der Waals surface area contributed by atoms with Crippen molar-refractivity contribution in [1.29, 1.82) is 0 Å². The molecule has 1 aromatic rings. The minimum Gasteiger partial charge on any atom is -0.383 e. The van der Waals surface area contributed by atoms with E-state index in [2.05, 4.69) is 24.2 Å². The van der Waals surface area contributed by atoms with E-state index in [1.54, 1.807) is 7.11 Å². The highest BCUT2D eigenvalue weighted by Crippen LogP contribution is 2.45. The van der Waals surface area contributed by atoms with Crippen LogP contribution in [0.5, 0.6) is 0 Å². The van der Waals surface area contributed by atoms with E-state index in [9.17, 15) is 0 Å². The predicted octanol–water partition coefficient (Wildman–Crippen LogP) is 2.85. The standard InChI is InChI=1S/C16H27N3OS/c1-11-8-13(11)10-19(2)16-18-15(12-4-5-12)14(21-16)9-17-6-7-20-3/h11-13,17H,4-10H2,1-3H3. The van der Waals surface area contributed by atoms with Crippen LogP contribution in [-0.4, -0.2) is 38.8 Å². The van der Waals surface area contributed by atoms with Gasteiger partial charge in [-0.15, -0.1) is 11.3 Å². The molecule has 1 heterocycles. The molecule has 4 nitrogen and oxygen atoms in total. The van der Waals surface area contributed by atoms with Gasteiger partial charge in [-0.05, 0) is 31.1 Å². The lowest BCUT2D eigenvalue weighted by atomic mass is 10.2. The summed E-state index contributed by atoms with van der Waals surface area (Å²) in [5.41, 5.74) is 1.36. The molecule has 2 saturated carbocycles. The largest absolute Gasteiger partial charge is 0.383 e. The number of methoxy groups -OCH3 is 1. The van der Waals surface area contributed by atoms with Crippen molar-refractivity contribution in [3.05, 3.63) is 10.6 Å². The van der Waals surface area contributed by atoms with E-state index in [-0.39, 0.29) is 0 Å². The molecule has 2 aliphatic rings. The minimum atomic E-state index is 0.725. The van der Waals surface area contributed by atoms with Gasteiger partial charge in [-0.2, -0.15) is 0 Å². The predicted molar refractivity (Wildman–Crippen MR) is 88.2 cm³/mol. The zero-order chi connectivity index (χ0) is 14.8. The number of ether oxygens (including phenoxy) is 1. The van der Waals surface area contributed by atoms with E-state index in [1.165, 1.54) is 35.0 Å². The molecule has 0 bridgehead atoms. The van der Waals surface area contributed by atoms with Gasteiger partial charge >= 0.3 is 0 Å². The minimum absolute atomic E-state index is 0.725. The number of thiazole rings is 1. The molecule has 5 heteroatoms. The van der Waals surface area contributed by atoms with Crippen molar-refractivity contribution >= 4 is 16.5 Å². The Balaban J connectivity index is 1.61. The van der Waals surface area contributed by atoms with Crippen molar-refractivity contribution in [1.82, 2.24) is 10.3 Å². The van der Waals surface area contributed by atoms with Gasteiger partial charge in [0.05, 0.1) is 12.3 Å². The van der Waals surface area contributed by atoms with Gasteiger partial charge < -0.3 is 15.0 Å². The van der Waals surface area contributed by atoms with Crippen molar-refractivity contribution in [3.63, 3.8) is 0 Å². The second-order valence-electron chi connectivity index (χ2n) is 6.60. The Kier molecular flexibility index (Phi) is 4.82. The Morgan fingerprint density at radius 1 is 1.43 bits per heavy atom. The highest BCUT2D eigenvalue weighted by molar-refractivity contribution is 7.15. The van der Waals surface area contributed by atoms with Crippen molar-refractivity contribution in [2.24, 2.45) is 11.8 Å². The molecule has 0 aromatic carbocycles. The highest BCUT2D eigenvalue weighted by Gasteiger charge is 2.35. The number of anilines is 1. The topological polar surface area (TPSA) is 37.4 Å². The molecule has 2 fully saturated rings. The first-order chi connectivity index (χ1) is 10.2. The van der Waals surface area contributed by atoms with Crippen LogP contribution in [0.2, 0.25) is 0 Å². The van der Waals surface area contributed by atoms with Crippen LogP contribution < -0.4 is 10.2 Å². The van der Waals surface area contributed by atoms with Crippen LogP contribution in [-0.2, 0) is 11.3 Å². The third-order valence-corrected chi connectivity index (χ3v) is 5.75. The van der Waals surface area contributed by atoms with E-state index >= 15 is 0 Å². The van der Waals surface area contributed by atoms with Crippen LogP contribution in [0.15, 0.2) is 0 Å². The summed E-state index contributed by atoms with van der Waals surface area (Å²) in [7, 11) is 3.94. The Morgan fingerprint density at radius 2 is 2.19 bits per heavy atom. The summed E-state index contributed by atoms with van der Waals surface area (Å²) >= 11 is 1.88. The monoisotopic (exact) mass is 309 g/mol. The smallest absolute Gasteiger partial charge is 0.185 e. The van der Waals surface area contributed by atoms with Gasteiger partial charge in [0.25, 0.3) is 0 Å². The van der Waals surface area contributed by atoms with E-state index in [4.69, 9.17) is 9.72 Å². The normalized spacial score (nSPS) is 24.3. The summed E-state index contributed by atoms with van der Waals surface area (Å²) in [6.45, 7) is 6.12. The summed E-state index contributed by atoms with van der Waals surface area (Å²) in [6, 6.07) is 0. The fourth-order valence-electron chi connectivity index (χ4n) is 2.78. The van der Waals surface area contributed by atoms with Gasteiger partial charge in [-0.3, -0.25) is 0 Å². The molecule has 2 unspecified atom stereocenters.